The van der Waals surface area contributed by atoms with E-state index in [-0.39, 0.29) is 6.10 Å². The molecule has 6 heteroatoms. The van der Waals surface area contributed by atoms with Gasteiger partial charge in [0.15, 0.2) is 0 Å². The quantitative estimate of drug-likeness (QED) is 0.889. The summed E-state index contributed by atoms with van der Waals surface area (Å²) in [6, 6.07) is 2.86. The number of likely N-dealkylation sites (tertiary alicyclic amines) is 1. The van der Waals surface area contributed by atoms with Crippen LogP contribution in [-0.2, 0) is 0 Å². The zero-order valence-corrected chi connectivity index (χ0v) is 16.1. The van der Waals surface area contributed by atoms with Crippen LogP contribution in [-0.4, -0.2) is 71.4 Å². The Morgan fingerprint density at radius 3 is 2.00 bits per heavy atom. The van der Waals surface area contributed by atoms with Gasteiger partial charge < -0.3 is 19.8 Å². The van der Waals surface area contributed by atoms with Crippen LogP contribution in [0.15, 0.2) is 12.4 Å². The summed E-state index contributed by atoms with van der Waals surface area (Å²) in [4.78, 5) is 16.4. The van der Waals surface area contributed by atoms with Crippen molar-refractivity contribution in [3.8, 4) is 0 Å². The predicted molar refractivity (Wildman–Crippen MR) is 105 cm³/mol. The van der Waals surface area contributed by atoms with Crippen molar-refractivity contribution in [3.63, 3.8) is 0 Å². The average molecular weight is 360 g/mol. The largest absolute Gasteiger partial charge is 0.393 e. The van der Waals surface area contributed by atoms with E-state index in [2.05, 4.69) is 37.7 Å². The topological polar surface area (TPSA) is 55.7 Å². The Hall–Kier alpha value is -1.40. The molecule has 0 amide bonds. The average Bonchev–Trinajstić information content (AvgIpc) is 3.23. The molecule has 3 fully saturated rings. The van der Waals surface area contributed by atoms with Crippen LogP contribution in [0, 0.1) is 5.92 Å². The highest BCUT2D eigenvalue weighted by molar-refractivity contribution is 5.50. The second-order valence-corrected chi connectivity index (χ2v) is 8.26. The Kier molecular flexibility index (Phi) is 5.60. The number of hydrogen-bond donors (Lipinski definition) is 1. The van der Waals surface area contributed by atoms with E-state index in [0.29, 0.717) is 0 Å². The zero-order valence-electron chi connectivity index (χ0n) is 16.1. The molecule has 4 heterocycles. The minimum absolute atomic E-state index is 0.149. The van der Waals surface area contributed by atoms with Gasteiger partial charge in [0.1, 0.15) is 18.0 Å². The molecule has 0 aromatic carbocycles. The van der Waals surface area contributed by atoms with Gasteiger partial charge in [-0.15, -0.1) is 0 Å². The van der Waals surface area contributed by atoms with Gasteiger partial charge in [0, 0.05) is 38.3 Å². The molecule has 0 saturated carbocycles. The van der Waals surface area contributed by atoms with Crippen molar-refractivity contribution in [2.75, 3.05) is 49.1 Å². The molecule has 1 N–H and O–H groups in total. The third-order valence-corrected chi connectivity index (χ3v) is 6.69. The van der Waals surface area contributed by atoms with E-state index < -0.39 is 0 Å². The molecule has 6 nitrogen and oxygen atoms in total. The molecule has 0 radical (unpaired) electrons. The van der Waals surface area contributed by atoms with Gasteiger partial charge >= 0.3 is 0 Å². The van der Waals surface area contributed by atoms with Crippen LogP contribution in [0.2, 0.25) is 0 Å². The number of hydrogen-bond acceptors (Lipinski definition) is 6. The molecule has 1 aromatic heterocycles. The normalized spacial score (nSPS) is 25.0. The Morgan fingerprint density at radius 2 is 1.42 bits per heavy atom. The smallest absolute Gasteiger partial charge is 0.134 e. The Bertz CT molecular complexity index is 575. The molecule has 144 valence electrons. The summed E-state index contributed by atoms with van der Waals surface area (Å²) >= 11 is 0. The van der Waals surface area contributed by atoms with Crippen LogP contribution >= 0.6 is 0 Å². The maximum Gasteiger partial charge on any atom is 0.134 e. The number of aliphatic hydroxyl groups excluding tert-OH is 1. The van der Waals surface area contributed by atoms with Crippen molar-refractivity contribution in [1.29, 1.82) is 0 Å². The van der Waals surface area contributed by atoms with Crippen LogP contribution in [0.25, 0.3) is 0 Å². The van der Waals surface area contributed by atoms with Gasteiger partial charge in [-0.25, -0.2) is 9.97 Å². The molecule has 1 aromatic rings. The molecule has 1 atom stereocenters. The minimum atomic E-state index is -0.149. The summed E-state index contributed by atoms with van der Waals surface area (Å²) in [5.74, 6) is 2.89. The fourth-order valence-corrected chi connectivity index (χ4v) is 4.84. The minimum Gasteiger partial charge on any atom is -0.393 e. The lowest BCUT2D eigenvalue weighted by atomic mass is 9.89. The molecular weight excluding hydrogens is 326 g/mol. The summed E-state index contributed by atoms with van der Waals surface area (Å²) in [5, 5.41) is 9.71. The highest BCUT2D eigenvalue weighted by Gasteiger charge is 2.29. The Labute approximate surface area is 157 Å². The van der Waals surface area contributed by atoms with Crippen LogP contribution in [0.1, 0.15) is 45.4 Å². The molecule has 0 bridgehead atoms. The van der Waals surface area contributed by atoms with Gasteiger partial charge in [0.2, 0.25) is 0 Å². The summed E-state index contributed by atoms with van der Waals surface area (Å²) in [6.45, 7) is 8.97. The summed E-state index contributed by atoms with van der Waals surface area (Å²) in [7, 11) is 0. The SMILES string of the molecule is C[C@H](C1CCN(c2cc(N3CCC(O)CC3)ncn2)CC1)N1CCCC1. The lowest BCUT2D eigenvalue weighted by molar-refractivity contribution is 0.145. The fourth-order valence-electron chi connectivity index (χ4n) is 4.84. The van der Waals surface area contributed by atoms with E-state index in [1.165, 1.54) is 38.8 Å². The maximum atomic E-state index is 9.71. The van der Waals surface area contributed by atoms with Gasteiger partial charge in [-0.1, -0.05) is 0 Å². The Morgan fingerprint density at radius 1 is 0.885 bits per heavy atom. The van der Waals surface area contributed by atoms with Crippen LogP contribution in [0.5, 0.6) is 0 Å². The molecule has 26 heavy (non-hydrogen) atoms. The molecular formula is C20H33N5O. The van der Waals surface area contributed by atoms with Gasteiger partial charge in [-0.05, 0) is 64.5 Å². The van der Waals surface area contributed by atoms with Crippen molar-refractivity contribution >= 4 is 11.6 Å². The first kappa shape index (κ1) is 18.0. The zero-order chi connectivity index (χ0) is 17.9. The molecule has 0 spiro atoms. The number of anilines is 2. The van der Waals surface area contributed by atoms with Gasteiger partial charge in [-0.3, -0.25) is 0 Å². The lowest BCUT2D eigenvalue weighted by Crippen LogP contribution is -2.43. The van der Waals surface area contributed by atoms with Crippen molar-refractivity contribution in [2.45, 2.75) is 57.6 Å². The van der Waals surface area contributed by atoms with Gasteiger partial charge in [0.05, 0.1) is 6.10 Å². The van der Waals surface area contributed by atoms with E-state index in [0.717, 1.165) is 62.6 Å². The third-order valence-electron chi connectivity index (χ3n) is 6.69. The van der Waals surface area contributed by atoms with Crippen LogP contribution in [0.4, 0.5) is 11.6 Å². The van der Waals surface area contributed by atoms with Crippen molar-refractivity contribution in [1.82, 2.24) is 14.9 Å². The second-order valence-electron chi connectivity index (χ2n) is 8.26. The monoisotopic (exact) mass is 359 g/mol. The standard InChI is InChI=1S/C20H33N5O/c1-16(23-8-2-3-9-23)17-4-10-24(11-5-17)19-14-20(22-15-21-19)25-12-6-18(26)7-13-25/h14-18,26H,2-13H2,1H3/t16-/m1/s1. The molecule has 3 aliphatic rings. The van der Waals surface area contributed by atoms with E-state index in [4.69, 9.17) is 0 Å². The third kappa shape index (κ3) is 3.96. The van der Waals surface area contributed by atoms with Gasteiger partial charge in [-0.2, -0.15) is 0 Å². The molecule has 3 aliphatic heterocycles. The van der Waals surface area contributed by atoms with E-state index in [1.54, 1.807) is 6.33 Å². The van der Waals surface area contributed by atoms with E-state index in [1.807, 2.05) is 0 Å². The first-order chi connectivity index (χ1) is 12.7. The predicted octanol–water partition coefficient (Wildman–Crippen LogP) is 2.14. The lowest BCUT2D eigenvalue weighted by Gasteiger charge is -2.39. The summed E-state index contributed by atoms with van der Waals surface area (Å²) < 4.78 is 0. The first-order valence-corrected chi connectivity index (χ1v) is 10.4. The van der Waals surface area contributed by atoms with E-state index in [9.17, 15) is 5.11 Å². The van der Waals surface area contributed by atoms with Crippen molar-refractivity contribution < 1.29 is 5.11 Å². The van der Waals surface area contributed by atoms with Gasteiger partial charge in [0.25, 0.3) is 0 Å². The van der Waals surface area contributed by atoms with Crippen LogP contribution < -0.4 is 9.80 Å². The highest BCUT2D eigenvalue weighted by Crippen LogP contribution is 2.29. The molecule has 3 saturated heterocycles. The Balaban J connectivity index is 1.35. The fraction of sp³-hybridized carbons (Fsp3) is 0.800. The van der Waals surface area contributed by atoms with Crippen LogP contribution in [0.3, 0.4) is 0 Å². The second kappa shape index (κ2) is 8.09. The van der Waals surface area contributed by atoms with Crippen molar-refractivity contribution in [2.24, 2.45) is 5.92 Å². The summed E-state index contributed by atoms with van der Waals surface area (Å²) in [6.07, 6.45) is 8.48. The highest BCUT2D eigenvalue weighted by atomic mass is 16.3. The van der Waals surface area contributed by atoms with Crippen molar-refractivity contribution in [3.05, 3.63) is 12.4 Å². The molecule has 0 aliphatic carbocycles. The molecule has 4 rings (SSSR count). The number of aromatic nitrogens is 2. The molecule has 0 unspecified atom stereocenters. The number of rotatable bonds is 4. The van der Waals surface area contributed by atoms with E-state index >= 15 is 0 Å². The number of aliphatic hydroxyl groups is 1. The summed E-state index contributed by atoms with van der Waals surface area (Å²) in [5.41, 5.74) is 0. The maximum absolute atomic E-state index is 9.71. The first-order valence-electron chi connectivity index (χ1n) is 10.4. The number of piperidine rings is 2. The number of nitrogens with zero attached hydrogens (tertiary/aromatic N) is 5.